The lowest BCUT2D eigenvalue weighted by Gasteiger charge is -2.36. The molecule has 4 heteroatoms. The minimum Gasteiger partial charge on any atom is -0.498 e. The summed E-state index contributed by atoms with van der Waals surface area (Å²) in [5, 5.41) is 12.6. The molecule has 0 spiro atoms. The monoisotopic (exact) mass is 227 g/mol. The molecule has 0 bridgehead atoms. The van der Waals surface area contributed by atoms with E-state index in [0.717, 1.165) is 5.57 Å². The first-order chi connectivity index (χ1) is 7.51. The van der Waals surface area contributed by atoms with Crippen LogP contribution in [0.15, 0.2) is 12.2 Å². The Labute approximate surface area is 97.6 Å². The number of methoxy groups -OCH3 is 2. The van der Waals surface area contributed by atoms with Crippen LogP contribution in [0.5, 0.6) is 0 Å². The molecule has 2 atom stereocenters. The van der Waals surface area contributed by atoms with E-state index in [1.165, 1.54) is 0 Å². The second-order valence-electron chi connectivity index (χ2n) is 4.12. The second-order valence-corrected chi connectivity index (χ2v) is 4.12. The highest BCUT2D eigenvalue weighted by molar-refractivity contribution is 5.06. The van der Waals surface area contributed by atoms with Gasteiger partial charge in [-0.1, -0.05) is 12.2 Å². The van der Waals surface area contributed by atoms with Gasteiger partial charge in [0.05, 0.1) is 18.6 Å². The van der Waals surface area contributed by atoms with Crippen LogP contribution in [0.25, 0.3) is 5.01 Å². The van der Waals surface area contributed by atoms with Crippen molar-refractivity contribution in [1.29, 1.82) is 0 Å². The quantitative estimate of drug-likeness (QED) is 0.496. The molecule has 0 aromatic heterocycles. The average Bonchev–Trinajstić information content (AvgIpc) is 2.25. The van der Waals surface area contributed by atoms with Crippen molar-refractivity contribution in [2.24, 2.45) is 5.92 Å². The molecule has 0 aliphatic rings. The molecule has 0 fully saturated rings. The molecule has 0 amide bonds. The molecule has 0 unspecified atom stereocenters. The van der Waals surface area contributed by atoms with E-state index in [1.807, 2.05) is 13.8 Å². The predicted molar refractivity (Wildman–Crippen MR) is 65.4 cm³/mol. The molecule has 0 N–H and O–H groups in total. The van der Waals surface area contributed by atoms with Crippen LogP contribution < -0.4 is 0 Å². The average molecular weight is 227 g/mol. The third-order valence-corrected chi connectivity index (χ3v) is 2.93. The normalized spacial score (nSPS) is 15.8. The summed E-state index contributed by atoms with van der Waals surface area (Å²) in [6, 6.07) is 2.39. The first kappa shape index (κ1) is 14.9. The number of hydrogen-bond donors (Lipinski definition) is 0. The highest BCUT2D eigenvalue weighted by atomic mass is 16.5. The van der Waals surface area contributed by atoms with Gasteiger partial charge in [0.1, 0.15) is 0 Å². The SMILES string of the molecule is C=C(C)[C@H](COC)[C@](C)(CCC#[N+][O-])OC. The molecule has 0 aromatic carbocycles. The first-order valence-electron chi connectivity index (χ1n) is 5.26. The van der Waals surface area contributed by atoms with Gasteiger partial charge in [0.2, 0.25) is 0 Å². The van der Waals surface area contributed by atoms with Crippen molar-refractivity contribution in [2.75, 3.05) is 20.8 Å². The number of nitrogens with zero attached hydrogens (tertiary/aromatic N) is 1. The van der Waals surface area contributed by atoms with Crippen LogP contribution in [0.2, 0.25) is 0 Å². The van der Waals surface area contributed by atoms with Crippen molar-refractivity contribution in [2.45, 2.75) is 32.3 Å². The number of rotatable bonds is 7. The van der Waals surface area contributed by atoms with Crippen molar-refractivity contribution in [3.8, 4) is 6.07 Å². The summed E-state index contributed by atoms with van der Waals surface area (Å²) in [5.74, 6) is 0.0935. The topological polar surface area (TPSA) is 45.9 Å². The Hall–Kier alpha value is -1.05. The van der Waals surface area contributed by atoms with Gasteiger partial charge < -0.3 is 14.7 Å². The third-order valence-electron chi connectivity index (χ3n) is 2.93. The molecule has 16 heavy (non-hydrogen) atoms. The molecule has 92 valence electrons. The zero-order valence-corrected chi connectivity index (χ0v) is 10.6. The lowest BCUT2D eigenvalue weighted by molar-refractivity contribution is -0.0574. The Morgan fingerprint density at radius 3 is 2.56 bits per heavy atom. The van der Waals surface area contributed by atoms with E-state index in [1.54, 1.807) is 14.2 Å². The molecule has 0 aliphatic heterocycles. The van der Waals surface area contributed by atoms with E-state index in [2.05, 4.69) is 17.7 Å². The summed E-state index contributed by atoms with van der Waals surface area (Å²) in [6.45, 7) is 8.44. The predicted octanol–water partition coefficient (Wildman–Crippen LogP) is 2.84. The highest BCUT2D eigenvalue weighted by Crippen LogP contribution is 2.31. The molecular formula is C12H21NO3. The Morgan fingerprint density at radius 2 is 2.19 bits per heavy atom. The van der Waals surface area contributed by atoms with E-state index >= 15 is 0 Å². The van der Waals surface area contributed by atoms with Crippen LogP contribution in [0, 0.1) is 17.2 Å². The fourth-order valence-corrected chi connectivity index (χ4v) is 1.77. The van der Waals surface area contributed by atoms with E-state index in [0.29, 0.717) is 19.4 Å². The summed E-state index contributed by atoms with van der Waals surface area (Å²) in [7, 11) is 3.30. The summed E-state index contributed by atoms with van der Waals surface area (Å²) >= 11 is 0. The number of hydrogen-bond acceptors (Lipinski definition) is 3. The van der Waals surface area contributed by atoms with Crippen molar-refractivity contribution in [1.82, 2.24) is 0 Å². The molecule has 0 radical (unpaired) electrons. The molecule has 4 nitrogen and oxygen atoms in total. The largest absolute Gasteiger partial charge is 0.498 e. The van der Waals surface area contributed by atoms with Gasteiger partial charge in [0.25, 0.3) is 6.07 Å². The highest BCUT2D eigenvalue weighted by Gasteiger charge is 2.34. The summed E-state index contributed by atoms with van der Waals surface area (Å²) in [4.78, 5) is 0. The zero-order chi connectivity index (χ0) is 12.6. The molecule has 0 saturated heterocycles. The Bertz CT molecular complexity index is 280. The van der Waals surface area contributed by atoms with Gasteiger partial charge in [-0.05, 0) is 20.3 Å². The van der Waals surface area contributed by atoms with Gasteiger partial charge in [-0.15, -0.1) is 0 Å². The van der Waals surface area contributed by atoms with Gasteiger partial charge in [-0.3, -0.25) is 0 Å². The van der Waals surface area contributed by atoms with E-state index in [9.17, 15) is 5.21 Å². The van der Waals surface area contributed by atoms with Gasteiger partial charge >= 0.3 is 0 Å². The van der Waals surface area contributed by atoms with E-state index < -0.39 is 5.60 Å². The Kier molecular flexibility index (Phi) is 6.78. The lowest BCUT2D eigenvalue weighted by Crippen LogP contribution is -2.40. The number of ether oxygens (including phenoxy) is 2. The van der Waals surface area contributed by atoms with Crippen LogP contribution in [0.3, 0.4) is 0 Å². The molecule has 0 heterocycles. The van der Waals surface area contributed by atoms with Gasteiger partial charge in [-0.2, -0.15) is 0 Å². The van der Waals surface area contributed by atoms with Crippen molar-refractivity contribution >= 4 is 0 Å². The minimum atomic E-state index is -0.403. The van der Waals surface area contributed by atoms with Crippen molar-refractivity contribution in [3.05, 3.63) is 22.4 Å². The molecule has 0 aliphatic carbocycles. The van der Waals surface area contributed by atoms with Gasteiger partial charge in [-0.25, -0.2) is 0 Å². The summed E-state index contributed by atoms with van der Waals surface area (Å²) < 4.78 is 10.7. The maximum Gasteiger partial charge on any atom is 0.298 e. The second kappa shape index (κ2) is 7.26. The zero-order valence-electron chi connectivity index (χ0n) is 10.6. The first-order valence-corrected chi connectivity index (χ1v) is 5.26. The third kappa shape index (κ3) is 4.21. The Balaban J connectivity index is 4.69. The van der Waals surface area contributed by atoms with E-state index in [-0.39, 0.29) is 5.92 Å². The lowest BCUT2D eigenvalue weighted by atomic mass is 9.81. The molecule has 0 aromatic rings. The van der Waals surface area contributed by atoms with Crippen LogP contribution in [-0.4, -0.2) is 26.4 Å². The molecular weight excluding hydrogens is 206 g/mol. The summed E-state index contributed by atoms with van der Waals surface area (Å²) in [6.07, 6.45) is 1.14. The van der Waals surface area contributed by atoms with Crippen LogP contribution in [0.4, 0.5) is 0 Å². The summed E-state index contributed by atoms with van der Waals surface area (Å²) in [5.41, 5.74) is 0.602. The van der Waals surface area contributed by atoms with Crippen molar-refractivity contribution < 1.29 is 9.47 Å². The van der Waals surface area contributed by atoms with Gasteiger partial charge in [0, 0.05) is 25.1 Å². The van der Waals surface area contributed by atoms with Gasteiger partial charge in [0.15, 0.2) is 0 Å². The maximum absolute atomic E-state index is 9.96. The van der Waals surface area contributed by atoms with Crippen molar-refractivity contribution in [3.63, 3.8) is 0 Å². The maximum atomic E-state index is 9.96. The van der Waals surface area contributed by atoms with Crippen LogP contribution in [-0.2, 0) is 9.47 Å². The van der Waals surface area contributed by atoms with Crippen LogP contribution >= 0.6 is 0 Å². The Morgan fingerprint density at radius 1 is 1.56 bits per heavy atom. The molecule has 0 rings (SSSR count). The fraction of sp³-hybridized carbons (Fsp3) is 0.750. The smallest absolute Gasteiger partial charge is 0.298 e. The van der Waals surface area contributed by atoms with Crippen LogP contribution in [0.1, 0.15) is 26.7 Å². The van der Waals surface area contributed by atoms with E-state index in [4.69, 9.17) is 9.47 Å². The standard InChI is InChI=1S/C12H21NO3/c1-10(2)11(9-15-4)12(3,16-5)7-6-8-13-14/h11H,1,6-7,9H2,2-5H3/t11-,12-/m0/s1. The fourth-order valence-electron chi connectivity index (χ4n) is 1.77. The minimum absolute atomic E-state index is 0.0935. The molecule has 0 saturated carbocycles.